The molecule has 2 aliphatic rings. The Labute approximate surface area is 198 Å². The van der Waals surface area contributed by atoms with Crippen LogP contribution in [0.3, 0.4) is 0 Å². The van der Waals surface area contributed by atoms with E-state index in [9.17, 15) is 10.2 Å². The first-order chi connectivity index (χ1) is 16.3. The maximum absolute atomic E-state index is 10.5. The van der Waals surface area contributed by atoms with Crippen LogP contribution in [-0.4, -0.2) is 82.7 Å². The molecular formula is C25H32N2O7. The average Bonchev–Trinajstić information content (AvgIpc) is 2.84. The van der Waals surface area contributed by atoms with Crippen LogP contribution in [-0.2, 0) is 20.7 Å². The Balaban J connectivity index is 0.000000481. The third-order valence-corrected chi connectivity index (χ3v) is 6.05. The lowest BCUT2D eigenvalue weighted by atomic mass is 9.89. The quantitative estimate of drug-likeness (QED) is 0.467. The number of phenolic OH excluding ortho intramolecular Hbond substituents is 1. The summed E-state index contributed by atoms with van der Waals surface area (Å²) >= 11 is 0. The highest BCUT2D eigenvalue weighted by Gasteiger charge is 2.24. The summed E-state index contributed by atoms with van der Waals surface area (Å²) in [4.78, 5) is 22.7. The van der Waals surface area contributed by atoms with Crippen LogP contribution < -0.4 is 4.90 Å². The number of aliphatic hydroxyl groups excluding tert-OH is 1. The lowest BCUT2D eigenvalue weighted by molar-refractivity contribution is -0.159. The second kappa shape index (κ2) is 12.4. The van der Waals surface area contributed by atoms with E-state index in [0.717, 1.165) is 51.1 Å². The van der Waals surface area contributed by atoms with Gasteiger partial charge in [-0.3, -0.25) is 4.90 Å². The van der Waals surface area contributed by atoms with Crippen LogP contribution >= 0.6 is 0 Å². The van der Waals surface area contributed by atoms with Crippen LogP contribution in [0.25, 0.3) is 0 Å². The van der Waals surface area contributed by atoms with E-state index in [2.05, 4.69) is 34.1 Å². The normalized spacial score (nSPS) is 18.9. The Bertz CT molecular complexity index is 948. The van der Waals surface area contributed by atoms with Crippen LogP contribution in [0.15, 0.2) is 48.5 Å². The van der Waals surface area contributed by atoms with E-state index >= 15 is 0 Å². The summed E-state index contributed by atoms with van der Waals surface area (Å²) in [6.45, 7) is 4.44. The number of para-hydroxylation sites is 2. The molecule has 2 aromatic rings. The predicted octanol–water partition coefficient (Wildman–Crippen LogP) is 2.12. The van der Waals surface area contributed by atoms with Crippen LogP contribution in [0.1, 0.15) is 30.1 Å². The molecule has 0 spiro atoms. The molecule has 4 rings (SSSR count). The van der Waals surface area contributed by atoms with E-state index < -0.39 is 18.0 Å². The number of fused-ring (bicyclic) bond motifs is 1. The SMILES string of the molecule is O=C(O)C(=O)O.Oc1ccccc1N1CCN(CC(O)COC2CCCc3ccccc32)CC1. The van der Waals surface area contributed by atoms with Gasteiger partial charge in [0.15, 0.2) is 0 Å². The molecule has 0 bridgehead atoms. The van der Waals surface area contributed by atoms with Crippen LogP contribution in [0, 0.1) is 0 Å². The zero-order valence-electron chi connectivity index (χ0n) is 19.0. The van der Waals surface area contributed by atoms with Crippen molar-refractivity contribution in [3.63, 3.8) is 0 Å². The van der Waals surface area contributed by atoms with Gasteiger partial charge in [-0.15, -0.1) is 0 Å². The maximum Gasteiger partial charge on any atom is 0.414 e. The fourth-order valence-corrected chi connectivity index (χ4v) is 4.36. The third kappa shape index (κ3) is 7.18. The third-order valence-electron chi connectivity index (χ3n) is 6.05. The number of rotatable bonds is 6. The minimum Gasteiger partial charge on any atom is -0.506 e. The van der Waals surface area contributed by atoms with E-state index in [-0.39, 0.29) is 6.10 Å². The first-order valence-electron chi connectivity index (χ1n) is 11.4. The van der Waals surface area contributed by atoms with E-state index in [4.69, 9.17) is 24.5 Å². The number of aromatic hydroxyl groups is 1. The molecule has 4 N–H and O–H groups in total. The Morgan fingerprint density at radius 3 is 2.29 bits per heavy atom. The number of carbonyl (C=O) groups is 2. The smallest absolute Gasteiger partial charge is 0.414 e. The molecule has 1 aliphatic heterocycles. The van der Waals surface area contributed by atoms with Crippen LogP contribution in [0.2, 0.25) is 0 Å². The van der Waals surface area contributed by atoms with Gasteiger partial charge in [0, 0.05) is 32.7 Å². The summed E-state index contributed by atoms with van der Waals surface area (Å²) in [6.07, 6.45) is 2.93. The van der Waals surface area contributed by atoms with Crippen molar-refractivity contribution in [2.75, 3.05) is 44.2 Å². The van der Waals surface area contributed by atoms with Crippen molar-refractivity contribution in [2.45, 2.75) is 31.5 Å². The summed E-state index contributed by atoms with van der Waals surface area (Å²) in [5, 5.41) is 35.3. The van der Waals surface area contributed by atoms with Gasteiger partial charge in [-0.2, -0.15) is 0 Å². The minimum atomic E-state index is -1.82. The summed E-state index contributed by atoms with van der Waals surface area (Å²) in [5.41, 5.74) is 3.56. The second-order valence-electron chi connectivity index (χ2n) is 8.45. The highest BCUT2D eigenvalue weighted by molar-refractivity contribution is 6.27. The Kier molecular flexibility index (Phi) is 9.26. The number of piperazine rings is 1. The summed E-state index contributed by atoms with van der Waals surface area (Å²) in [7, 11) is 0. The molecule has 0 saturated carbocycles. The number of hydrogen-bond donors (Lipinski definition) is 4. The number of β-amino-alcohol motifs (C(OH)–C–C–N with tert-alkyl or cyclic N) is 1. The van der Waals surface area contributed by atoms with Gasteiger partial charge in [-0.05, 0) is 42.5 Å². The predicted molar refractivity (Wildman–Crippen MR) is 126 cm³/mol. The minimum absolute atomic E-state index is 0.109. The molecule has 1 fully saturated rings. The number of aliphatic carboxylic acids is 2. The Hall–Kier alpha value is -3.14. The topological polar surface area (TPSA) is 131 Å². The van der Waals surface area contributed by atoms with E-state index in [0.29, 0.717) is 18.9 Å². The van der Waals surface area contributed by atoms with Gasteiger partial charge in [-0.1, -0.05) is 36.4 Å². The van der Waals surface area contributed by atoms with Gasteiger partial charge in [0.25, 0.3) is 0 Å². The molecule has 1 saturated heterocycles. The molecule has 34 heavy (non-hydrogen) atoms. The highest BCUT2D eigenvalue weighted by Crippen LogP contribution is 2.32. The highest BCUT2D eigenvalue weighted by atomic mass is 16.5. The van der Waals surface area contributed by atoms with E-state index in [1.165, 1.54) is 11.1 Å². The van der Waals surface area contributed by atoms with Gasteiger partial charge in [0.05, 0.1) is 24.5 Å². The van der Waals surface area contributed by atoms with E-state index in [1.807, 2.05) is 18.2 Å². The Morgan fingerprint density at radius 2 is 1.62 bits per heavy atom. The Morgan fingerprint density at radius 1 is 0.971 bits per heavy atom. The van der Waals surface area contributed by atoms with Gasteiger partial charge in [0.1, 0.15) is 5.75 Å². The first kappa shape index (κ1) is 25.5. The number of aliphatic hydroxyl groups is 1. The lowest BCUT2D eigenvalue weighted by Gasteiger charge is -2.37. The number of nitrogens with zero attached hydrogens (tertiary/aromatic N) is 2. The van der Waals surface area contributed by atoms with E-state index in [1.54, 1.807) is 6.07 Å². The van der Waals surface area contributed by atoms with Crippen LogP contribution in [0.5, 0.6) is 5.75 Å². The number of benzene rings is 2. The number of hydrogen-bond acceptors (Lipinski definition) is 7. The summed E-state index contributed by atoms with van der Waals surface area (Å²) in [5.74, 6) is -3.32. The molecule has 0 amide bonds. The monoisotopic (exact) mass is 472 g/mol. The molecule has 9 nitrogen and oxygen atoms in total. The molecule has 1 heterocycles. The molecule has 0 aromatic heterocycles. The summed E-state index contributed by atoms with van der Waals surface area (Å²) < 4.78 is 6.10. The maximum atomic E-state index is 10.5. The molecule has 2 unspecified atom stereocenters. The number of carboxylic acid groups (broad SMARTS) is 2. The number of anilines is 1. The van der Waals surface area contributed by atoms with Gasteiger partial charge >= 0.3 is 11.9 Å². The van der Waals surface area contributed by atoms with Gasteiger partial charge in [-0.25, -0.2) is 9.59 Å². The number of ether oxygens (including phenoxy) is 1. The fraction of sp³-hybridized carbons (Fsp3) is 0.440. The number of phenols is 1. The van der Waals surface area contributed by atoms with Crippen molar-refractivity contribution in [1.82, 2.24) is 4.90 Å². The van der Waals surface area contributed by atoms with Crippen molar-refractivity contribution in [3.05, 3.63) is 59.7 Å². The summed E-state index contributed by atoms with van der Waals surface area (Å²) in [6, 6.07) is 16.0. The van der Waals surface area contributed by atoms with Crippen molar-refractivity contribution in [1.29, 1.82) is 0 Å². The molecule has 1 aliphatic carbocycles. The average molecular weight is 473 g/mol. The molecule has 2 aromatic carbocycles. The molecule has 2 atom stereocenters. The van der Waals surface area contributed by atoms with Gasteiger partial charge in [0.2, 0.25) is 0 Å². The number of aryl methyl sites for hydroxylation is 1. The molecule has 184 valence electrons. The second-order valence-corrected chi connectivity index (χ2v) is 8.45. The number of carboxylic acids is 2. The van der Waals surface area contributed by atoms with Gasteiger partial charge < -0.3 is 30.1 Å². The van der Waals surface area contributed by atoms with Crippen molar-refractivity contribution in [3.8, 4) is 5.75 Å². The van der Waals surface area contributed by atoms with Crippen molar-refractivity contribution in [2.24, 2.45) is 0 Å². The first-order valence-corrected chi connectivity index (χ1v) is 11.4. The molecule has 0 radical (unpaired) electrons. The lowest BCUT2D eigenvalue weighted by Crippen LogP contribution is -2.49. The van der Waals surface area contributed by atoms with Crippen molar-refractivity contribution >= 4 is 17.6 Å². The zero-order chi connectivity index (χ0) is 24.5. The van der Waals surface area contributed by atoms with Crippen molar-refractivity contribution < 1.29 is 34.8 Å². The largest absolute Gasteiger partial charge is 0.506 e. The molecule has 9 heteroatoms. The fourth-order valence-electron chi connectivity index (χ4n) is 4.36. The molecular weight excluding hydrogens is 440 g/mol. The zero-order valence-corrected chi connectivity index (χ0v) is 19.0. The standard InChI is InChI=1S/C23H30N2O3.C2H2O4/c26-19(17-28-23-11-5-7-18-6-1-2-8-20(18)23)16-24-12-14-25(15-13-24)21-9-3-4-10-22(21)27;3-1(4)2(5)6/h1-4,6,8-10,19,23,26-27H,5,7,11-17H2;(H,3,4)(H,5,6). The van der Waals surface area contributed by atoms with Crippen LogP contribution in [0.4, 0.5) is 5.69 Å².